The Kier molecular flexibility index (Phi) is 6.73. The Hall–Kier alpha value is -2.91. The maximum Gasteiger partial charge on any atom is 0.274 e. The third-order valence-electron chi connectivity index (χ3n) is 3.93. The minimum Gasteiger partial charge on any atom is -0.491 e. The van der Waals surface area contributed by atoms with Gasteiger partial charge in [0, 0.05) is 11.8 Å². The molecule has 0 bridgehead atoms. The zero-order chi connectivity index (χ0) is 21.7. The number of amides is 1. The fraction of sp³-hybridized carbons (Fsp3) is 0.190. The van der Waals surface area contributed by atoms with Gasteiger partial charge in [0.15, 0.2) is 0 Å². The molecule has 0 saturated heterocycles. The molecular formula is C21H21FN2O4S2. The van der Waals surface area contributed by atoms with Crippen molar-refractivity contribution >= 4 is 38.6 Å². The quantitative estimate of drug-likeness (QED) is 0.550. The number of halogens is 1. The lowest BCUT2D eigenvalue weighted by atomic mass is 10.3. The number of nitrogens with one attached hydrogen (secondary N) is 1. The first-order valence-corrected chi connectivity index (χ1v) is 11.5. The van der Waals surface area contributed by atoms with Crippen molar-refractivity contribution in [2.24, 2.45) is 0 Å². The SMILES string of the molecule is CC(C)Oc1cccc(NC(=O)CN(c2ccc(F)cc2)S(=O)(=O)c2cccs2)c1. The van der Waals surface area contributed by atoms with Crippen LogP contribution < -0.4 is 14.4 Å². The first kappa shape index (κ1) is 21.8. The number of anilines is 2. The summed E-state index contributed by atoms with van der Waals surface area (Å²) in [6.45, 7) is 3.31. The summed E-state index contributed by atoms with van der Waals surface area (Å²) < 4.78 is 46.2. The van der Waals surface area contributed by atoms with Gasteiger partial charge in [-0.1, -0.05) is 12.1 Å². The first-order valence-electron chi connectivity index (χ1n) is 9.14. The van der Waals surface area contributed by atoms with E-state index in [2.05, 4.69) is 5.32 Å². The molecule has 0 unspecified atom stereocenters. The molecule has 3 rings (SSSR count). The van der Waals surface area contributed by atoms with E-state index in [1.165, 1.54) is 18.2 Å². The molecule has 158 valence electrons. The van der Waals surface area contributed by atoms with Crippen molar-refractivity contribution in [2.45, 2.75) is 24.2 Å². The van der Waals surface area contributed by atoms with E-state index in [9.17, 15) is 17.6 Å². The van der Waals surface area contributed by atoms with Crippen LogP contribution >= 0.6 is 11.3 Å². The van der Waals surface area contributed by atoms with Crippen molar-refractivity contribution in [1.82, 2.24) is 0 Å². The molecular weight excluding hydrogens is 427 g/mol. The molecule has 0 radical (unpaired) electrons. The second-order valence-corrected chi connectivity index (χ2v) is 9.70. The van der Waals surface area contributed by atoms with Crippen LogP contribution in [0.15, 0.2) is 70.3 Å². The molecule has 1 heterocycles. The van der Waals surface area contributed by atoms with Crippen LogP contribution in [0.3, 0.4) is 0 Å². The molecule has 3 aromatic rings. The summed E-state index contributed by atoms with van der Waals surface area (Å²) in [5.74, 6) is -0.454. The Morgan fingerprint density at radius 2 is 1.87 bits per heavy atom. The average molecular weight is 449 g/mol. The molecule has 1 amide bonds. The third-order valence-corrected chi connectivity index (χ3v) is 7.08. The standard InChI is InChI=1S/C21H21FN2O4S2/c1-15(2)28-19-6-3-5-17(13-19)23-20(25)14-24(18-10-8-16(22)9-11-18)30(26,27)21-7-4-12-29-21/h3-13,15H,14H2,1-2H3,(H,23,25). The Morgan fingerprint density at radius 3 is 2.50 bits per heavy atom. The van der Waals surface area contributed by atoms with Crippen molar-refractivity contribution in [1.29, 1.82) is 0 Å². The van der Waals surface area contributed by atoms with E-state index in [1.807, 2.05) is 13.8 Å². The fourth-order valence-electron chi connectivity index (χ4n) is 2.69. The van der Waals surface area contributed by atoms with E-state index >= 15 is 0 Å². The third kappa shape index (κ3) is 5.37. The second-order valence-electron chi connectivity index (χ2n) is 6.66. The highest BCUT2D eigenvalue weighted by Crippen LogP contribution is 2.27. The summed E-state index contributed by atoms with van der Waals surface area (Å²) in [7, 11) is -3.99. The number of nitrogens with zero attached hydrogens (tertiary/aromatic N) is 1. The molecule has 0 atom stereocenters. The van der Waals surface area contributed by atoms with E-state index in [0.29, 0.717) is 11.4 Å². The van der Waals surface area contributed by atoms with Gasteiger partial charge in [-0.3, -0.25) is 9.10 Å². The van der Waals surface area contributed by atoms with E-state index in [0.717, 1.165) is 27.8 Å². The number of benzene rings is 2. The van der Waals surface area contributed by atoms with Crippen LogP contribution in [0.5, 0.6) is 5.75 Å². The molecule has 30 heavy (non-hydrogen) atoms. The van der Waals surface area contributed by atoms with Gasteiger partial charge >= 0.3 is 0 Å². The summed E-state index contributed by atoms with van der Waals surface area (Å²) in [4.78, 5) is 12.7. The molecule has 1 N–H and O–H groups in total. The fourth-order valence-corrected chi connectivity index (χ4v) is 5.22. The zero-order valence-corrected chi connectivity index (χ0v) is 18.0. The summed E-state index contributed by atoms with van der Waals surface area (Å²) in [6, 6.07) is 14.9. The molecule has 2 aromatic carbocycles. The Labute approximate surface area is 179 Å². The van der Waals surface area contributed by atoms with Crippen LogP contribution in [0.1, 0.15) is 13.8 Å². The molecule has 0 spiro atoms. The van der Waals surface area contributed by atoms with Crippen molar-refractivity contribution in [3.63, 3.8) is 0 Å². The Balaban J connectivity index is 1.84. The lowest BCUT2D eigenvalue weighted by Crippen LogP contribution is -2.37. The topological polar surface area (TPSA) is 75.7 Å². The number of thiophene rings is 1. The van der Waals surface area contributed by atoms with Crippen LogP contribution in [0.25, 0.3) is 0 Å². The average Bonchev–Trinajstić information content (AvgIpc) is 3.22. The number of hydrogen-bond acceptors (Lipinski definition) is 5. The van der Waals surface area contributed by atoms with E-state index < -0.39 is 28.3 Å². The van der Waals surface area contributed by atoms with Crippen molar-refractivity contribution < 1.29 is 22.3 Å². The van der Waals surface area contributed by atoms with Crippen molar-refractivity contribution in [2.75, 3.05) is 16.2 Å². The molecule has 6 nitrogen and oxygen atoms in total. The lowest BCUT2D eigenvalue weighted by molar-refractivity contribution is -0.114. The highest BCUT2D eigenvalue weighted by molar-refractivity contribution is 7.94. The Bertz CT molecular complexity index is 1100. The molecule has 0 aliphatic heterocycles. The van der Waals surface area contributed by atoms with Crippen LogP contribution in [-0.2, 0) is 14.8 Å². The van der Waals surface area contributed by atoms with Crippen LogP contribution in [0, 0.1) is 5.82 Å². The van der Waals surface area contributed by atoms with Gasteiger partial charge in [0.05, 0.1) is 11.8 Å². The number of sulfonamides is 1. The summed E-state index contributed by atoms with van der Waals surface area (Å²) in [5.41, 5.74) is 0.669. The van der Waals surface area contributed by atoms with Gasteiger partial charge in [-0.2, -0.15) is 0 Å². The number of hydrogen-bond donors (Lipinski definition) is 1. The largest absolute Gasteiger partial charge is 0.491 e. The van der Waals surface area contributed by atoms with Crippen molar-refractivity contribution in [3.8, 4) is 5.75 Å². The minimum absolute atomic E-state index is 0.0270. The van der Waals surface area contributed by atoms with Gasteiger partial charge in [0.1, 0.15) is 22.3 Å². The van der Waals surface area contributed by atoms with E-state index in [4.69, 9.17) is 4.74 Å². The van der Waals surface area contributed by atoms with Gasteiger partial charge in [-0.25, -0.2) is 12.8 Å². The van der Waals surface area contributed by atoms with E-state index in [-0.39, 0.29) is 16.0 Å². The first-order chi connectivity index (χ1) is 14.3. The zero-order valence-electron chi connectivity index (χ0n) is 16.4. The highest BCUT2D eigenvalue weighted by atomic mass is 32.2. The Morgan fingerprint density at radius 1 is 1.13 bits per heavy atom. The summed E-state index contributed by atoms with van der Waals surface area (Å²) in [5, 5.41) is 4.32. The van der Waals surface area contributed by atoms with Gasteiger partial charge < -0.3 is 10.1 Å². The number of ether oxygens (including phenoxy) is 1. The van der Waals surface area contributed by atoms with Gasteiger partial charge in [-0.05, 0) is 61.7 Å². The summed E-state index contributed by atoms with van der Waals surface area (Å²) in [6.07, 6.45) is -0.0270. The van der Waals surface area contributed by atoms with Gasteiger partial charge in [0.2, 0.25) is 5.91 Å². The lowest BCUT2D eigenvalue weighted by Gasteiger charge is -2.23. The second kappa shape index (κ2) is 9.27. The number of rotatable bonds is 8. The van der Waals surface area contributed by atoms with Crippen LogP contribution in [0.2, 0.25) is 0 Å². The summed E-state index contributed by atoms with van der Waals surface area (Å²) >= 11 is 1.04. The highest BCUT2D eigenvalue weighted by Gasteiger charge is 2.28. The molecule has 0 saturated carbocycles. The van der Waals surface area contributed by atoms with Gasteiger partial charge in [-0.15, -0.1) is 11.3 Å². The maximum atomic E-state index is 13.3. The van der Waals surface area contributed by atoms with Crippen LogP contribution in [-0.4, -0.2) is 27.0 Å². The number of carbonyl (C=O) groups excluding carboxylic acids is 1. The molecule has 1 aromatic heterocycles. The minimum atomic E-state index is -3.99. The maximum absolute atomic E-state index is 13.3. The molecule has 0 aliphatic carbocycles. The molecule has 0 aliphatic rings. The normalized spacial score (nSPS) is 11.3. The van der Waals surface area contributed by atoms with Crippen molar-refractivity contribution in [3.05, 3.63) is 71.9 Å². The molecule has 9 heteroatoms. The van der Waals surface area contributed by atoms with Gasteiger partial charge in [0.25, 0.3) is 10.0 Å². The predicted octanol–water partition coefficient (Wildman–Crippen LogP) is 4.51. The monoisotopic (exact) mass is 448 g/mol. The van der Waals surface area contributed by atoms with E-state index in [1.54, 1.807) is 35.7 Å². The van der Waals surface area contributed by atoms with Crippen LogP contribution in [0.4, 0.5) is 15.8 Å². The smallest absolute Gasteiger partial charge is 0.274 e. The molecule has 0 fully saturated rings. The number of carbonyl (C=O) groups is 1. The predicted molar refractivity (Wildman–Crippen MR) is 116 cm³/mol.